The third kappa shape index (κ3) is 3.45. The van der Waals surface area contributed by atoms with E-state index in [4.69, 9.17) is 15.7 Å². The van der Waals surface area contributed by atoms with Crippen LogP contribution in [0.25, 0.3) is 0 Å². The van der Waals surface area contributed by atoms with Gasteiger partial charge in [0.1, 0.15) is 0 Å². The number of ether oxygens (including phenoxy) is 1. The number of nitrogens with zero attached hydrogens (tertiary/aromatic N) is 1. The Kier molecular flexibility index (Phi) is 4.35. The quantitative estimate of drug-likeness (QED) is 0.323. The van der Waals surface area contributed by atoms with Crippen molar-refractivity contribution in [2.45, 2.75) is 18.9 Å². The average Bonchev–Trinajstić information content (AvgIpc) is 2.47. The number of hydrogen-bond donors (Lipinski definition) is 3. The van der Waals surface area contributed by atoms with Crippen molar-refractivity contribution in [1.29, 1.82) is 0 Å². The molecular weight excluding hydrogens is 246 g/mol. The first-order valence-corrected chi connectivity index (χ1v) is 6.17. The van der Waals surface area contributed by atoms with Crippen LogP contribution in [0.2, 0.25) is 0 Å². The molecule has 1 aliphatic heterocycles. The number of benzene rings is 1. The van der Waals surface area contributed by atoms with Gasteiger partial charge in [0, 0.05) is 30.4 Å². The molecule has 2 rings (SSSR count). The SMILES string of the molecule is N/C(=N\O)c1ccc(C(=O)NC2CCOCC2)cc1. The zero-order valence-electron chi connectivity index (χ0n) is 10.5. The summed E-state index contributed by atoms with van der Waals surface area (Å²) in [6.07, 6.45) is 1.68. The molecule has 0 aromatic heterocycles. The summed E-state index contributed by atoms with van der Waals surface area (Å²) in [5.74, 6) is -0.0886. The fourth-order valence-electron chi connectivity index (χ4n) is 1.96. The highest BCUT2D eigenvalue weighted by atomic mass is 16.5. The van der Waals surface area contributed by atoms with E-state index in [1.165, 1.54) is 0 Å². The van der Waals surface area contributed by atoms with Gasteiger partial charge in [-0.3, -0.25) is 4.79 Å². The summed E-state index contributed by atoms with van der Waals surface area (Å²) in [5.41, 5.74) is 6.59. The van der Waals surface area contributed by atoms with Gasteiger partial charge in [-0.1, -0.05) is 17.3 Å². The zero-order valence-corrected chi connectivity index (χ0v) is 10.5. The Morgan fingerprint density at radius 2 is 1.84 bits per heavy atom. The number of nitrogens with one attached hydrogen (secondary N) is 1. The van der Waals surface area contributed by atoms with Gasteiger partial charge in [0.05, 0.1) is 0 Å². The second-order valence-electron chi connectivity index (χ2n) is 4.42. The maximum atomic E-state index is 12.0. The van der Waals surface area contributed by atoms with E-state index in [9.17, 15) is 4.79 Å². The van der Waals surface area contributed by atoms with Crippen molar-refractivity contribution in [1.82, 2.24) is 5.32 Å². The van der Waals surface area contributed by atoms with Gasteiger partial charge in [0.15, 0.2) is 5.84 Å². The van der Waals surface area contributed by atoms with Crippen LogP contribution >= 0.6 is 0 Å². The largest absolute Gasteiger partial charge is 0.409 e. The average molecular weight is 263 g/mol. The smallest absolute Gasteiger partial charge is 0.251 e. The summed E-state index contributed by atoms with van der Waals surface area (Å²) < 4.78 is 5.24. The van der Waals surface area contributed by atoms with E-state index in [2.05, 4.69) is 10.5 Å². The summed E-state index contributed by atoms with van der Waals surface area (Å²) in [6, 6.07) is 6.77. The second-order valence-corrected chi connectivity index (χ2v) is 4.42. The van der Waals surface area contributed by atoms with Gasteiger partial charge in [0.25, 0.3) is 5.91 Å². The van der Waals surface area contributed by atoms with E-state index >= 15 is 0 Å². The predicted octanol–water partition coefficient (Wildman–Crippen LogP) is 0.690. The molecule has 0 radical (unpaired) electrons. The molecule has 1 fully saturated rings. The van der Waals surface area contributed by atoms with Crippen LogP contribution in [0.15, 0.2) is 29.4 Å². The van der Waals surface area contributed by atoms with Crippen molar-refractivity contribution in [3.05, 3.63) is 35.4 Å². The van der Waals surface area contributed by atoms with Crippen molar-refractivity contribution < 1.29 is 14.7 Å². The van der Waals surface area contributed by atoms with Gasteiger partial charge < -0.3 is 21.0 Å². The van der Waals surface area contributed by atoms with Crippen LogP contribution in [0.1, 0.15) is 28.8 Å². The van der Waals surface area contributed by atoms with Gasteiger partial charge in [-0.25, -0.2) is 0 Å². The fraction of sp³-hybridized carbons (Fsp3) is 0.385. The molecule has 4 N–H and O–H groups in total. The Morgan fingerprint density at radius 1 is 1.26 bits per heavy atom. The summed E-state index contributed by atoms with van der Waals surface area (Å²) in [4.78, 5) is 12.0. The van der Waals surface area contributed by atoms with Crippen molar-refractivity contribution in [2.75, 3.05) is 13.2 Å². The number of oxime groups is 1. The van der Waals surface area contributed by atoms with Crippen LogP contribution in [-0.2, 0) is 4.74 Å². The van der Waals surface area contributed by atoms with Gasteiger partial charge >= 0.3 is 0 Å². The molecule has 19 heavy (non-hydrogen) atoms. The van der Waals surface area contributed by atoms with Crippen LogP contribution < -0.4 is 11.1 Å². The molecule has 6 nitrogen and oxygen atoms in total. The zero-order chi connectivity index (χ0) is 13.7. The van der Waals surface area contributed by atoms with E-state index in [0.29, 0.717) is 24.3 Å². The number of amidine groups is 1. The second kappa shape index (κ2) is 6.19. The van der Waals surface area contributed by atoms with Gasteiger partial charge in [-0.2, -0.15) is 0 Å². The minimum absolute atomic E-state index is 0.0244. The lowest BCUT2D eigenvalue weighted by Gasteiger charge is -2.23. The molecule has 0 saturated carbocycles. The summed E-state index contributed by atoms with van der Waals surface area (Å²) in [7, 11) is 0. The summed E-state index contributed by atoms with van der Waals surface area (Å²) in [5, 5.41) is 14.4. The minimum Gasteiger partial charge on any atom is -0.409 e. The molecule has 1 aliphatic rings. The lowest BCUT2D eigenvalue weighted by Crippen LogP contribution is -2.38. The first kappa shape index (κ1) is 13.4. The Bertz CT molecular complexity index is 465. The monoisotopic (exact) mass is 263 g/mol. The number of carbonyl (C=O) groups excluding carboxylic acids is 1. The normalized spacial score (nSPS) is 17.2. The first-order valence-electron chi connectivity index (χ1n) is 6.17. The van der Waals surface area contributed by atoms with Gasteiger partial charge in [-0.05, 0) is 25.0 Å². The maximum absolute atomic E-state index is 12.0. The van der Waals surface area contributed by atoms with Crippen molar-refractivity contribution in [2.24, 2.45) is 10.9 Å². The fourth-order valence-corrected chi connectivity index (χ4v) is 1.96. The molecule has 1 aromatic rings. The highest BCUT2D eigenvalue weighted by Gasteiger charge is 2.16. The number of hydrogen-bond acceptors (Lipinski definition) is 4. The Hall–Kier alpha value is -2.08. The molecule has 0 unspecified atom stereocenters. The number of amides is 1. The first-order chi connectivity index (χ1) is 9.20. The van der Waals surface area contributed by atoms with Gasteiger partial charge in [0.2, 0.25) is 0 Å². The molecule has 6 heteroatoms. The number of nitrogens with two attached hydrogens (primary N) is 1. The Balaban J connectivity index is 1.99. The molecule has 0 atom stereocenters. The molecule has 1 amide bonds. The van der Waals surface area contributed by atoms with Crippen molar-refractivity contribution in [3.63, 3.8) is 0 Å². The van der Waals surface area contributed by atoms with Crippen molar-refractivity contribution in [3.8, 4) is 0 Å². The van der Waals surface area contributed by atoms with Crippen molar-refractivity contribution >= 4 is 11.7 Å². The number of rotatable bonds is 3. The highest BCUT2D eigenvalue weighted by molar-refractivity contribution is 5.99. The van der Waals surface area contributed by atoms with E-state index in [1.807, 2.05) is 0 Å². The molecule has 0 bridgehead atoms. The Labute approximate surface area is 111 Å². The molecule has 0 spiro atoms. The highest BCUT2D eigenvalue weighted by Crippen LogP contribution is 2.09. The van der Waals surface area contributed by atoms with Crippen LogP contribution in [-0.4, -0.2) is 36.2 Å². The third-order valence-corrected chi connectivity index (χ3v) is 3.11. The minimum atomic E-state index is -0.113. The lowest BCUT2D eigenvalue weighted by molar-refractivity contribution is 0.0696. The topological polar surface area (TPSA) is 96.9 Å². The van der Waals surface area contributed by atoms with Crippen LogP contribution in [0, 0.1) is 0 Å². The van der Waals surface area contributed by atoms with E-state index in [0.717, 1.165) is 12.8 Å². The molecule has 1 saturated heterocycles. The Morgan fingerprint density at radius 3 is 2.42 bits per heavy atom. The van der Waals surface area contributed by atoms with E-state index < -0.39 is 0 Å². The van der Waals surface area contributed by atoms with Gasteiger partial charge in [-0.15, -0.1) is 0 Å². The molecule has 1 heterocycles. The standard InChI is InChI=1S/C13H17N3O3/c14-12(16-18)9-1-3-10(4-2-9)13(17)15-11-5-7-19-8-6-11/h1-4,11,18H,5-8H2,(H2,14,16)(H,15,17). The molecule has 1 aromatic carbocycles. The molecule has 0 aliphatic carbocycles. The van der Waals surface area contributed by atoms with E-state index in [-0.39, 0.29) is 17.8 Å². The molecule has 102 valence electrons. The van der Waals surface area contributed by atoms with Crippen LogP contribution in [0.5, 0.6) is 0 Å². The molecular formula is C13H17N3O3. The summed E-state index contributed by atoms with van der Waals surface area (Å²) in [6.45, 7) is 1.38. The third-order valence-electron chi connectivity index (χ3n) is 3.11. The van der Waals surface area contributed by atoms with E-state index in [1.54, 1.807) is 24.3 Å². The lowest BCUT2D eigenvalue weighted by atomic mass is 10.1. The summed E-state index contributed by atoms with van der Waals surface area (Å²) >= 11 is 0. The van der Waals surface area contributed by atoms with Crippen LogP contribution in [0.4, 0.5) is 0 Å². The van der Waals surface area contributed by atoms with Crippen LogP contribution in [0.3, 0.4) is 0 Å². The predicted molar refractivity (Wildman–Crippen MR) is 70.3 cm³/mol. The maximum Gasteiger partial charge on any atom is 0.251 e. The number of carbonyl (C=O) groups is 1.